The minimum atomic E-state index is -0.482. The molecule has 1 aromatic carbocycles. The second-order valence-electron chi connectivity index (χ2n) is 4.24. The molecule has 0 saturated carbocycles. The predicted octanol–water partition coefficient (Wildman–Crippen LogP) is 2.56. The van der Waals surface area contributed by atoms with Crippen LogP contribution in [0.2, 0.25) is 0 Å². The first-order valence-electron chi connectivity index (χ1n) is 5.02. The highest BCUT2D eigenvalue weighted by molar-refractivity contribution is 7.99. The first-order valence-corrected chi connectivity index (χ1v) is 6.01. The summed E-state index contributed by atoms with van der Waals surface area (Å²) in [7, 11) is 1.41. The van der Waals surface area contributed by atoms with E-state index in [0.717, 1.165) is 10.6 Å². The molecule has 0 aliphatic heterocycles. The zero-order chi connectivity index (χ0) is 12.2. The van der Waals surface area contributed by atoms with Crippen LogP contribution < -0.4 is 5.73 Å². The molecule has 2 N–H and O–H groups in total. The second kappa shape index (κ2) is 5.25. The van der Waals surface area contributed by atoms with Crippen molar-refractivity contribution >= 4 is 23.4 Å². The number of hydrogen-bond acceptors (Lipinski definition) is 4. The van der Waals surface area contributed by atoms with Gasteiger partial charge in [-0.05, 0) is 32.0 Å². The lowest BCUT2D eigenvalue weighted by Gasteiger charge is -2.20. The average molecular weight is 239 g/mol. The van der Waals surface area contributed by atoms with Crippen molar-refractivity contribution in [3.63, 3.8) is 0 Å². The molecule has 88 valence electrons. The van der Waals surface area contributed by atoms with E-state index in [4.69, 9.17) is 10.5 Å². The van der Waals surface area contributed by atoms with Crippen LogP contribution in [-0.4, -0.2) is 18.8 Å². The third-order valence-electron chi connectivity index (χ3n) is 2.20. The highest BCUT2D eigenvalue weighted by Crippen LogP contribution is 2.29. The third-order valence-corrected chi connectivity index (χ3v) is 3.65. The number of rotatable bonds is 4. The van der Waals surface area contributed by atoms with Gasteiger partial charge in [0.15, 0.2) is 0 Å². The van der Waals surface area contributed by atoms with Gasteiger partial charge in [-0.2, -0.15) is 0 Å². The fourth-order valence-electron chi connectivity index (χ4n) is 1.20. The van der Waals surface area contributed by atoms with Gasteiger partial charge in [0.1, 0.15) is 0 Å². The second-order valence-corrected chi connectivity index (χ2v) is 5.29. The number of esters is 1. The number of methoxy groups -OCH3 is 1. The van der Waals surface area contributed by atoms with Crippen LogP contribution in [0.5, 0.6) is 0 Å². The molecular formula is C12H17NO2S. The molecule has 0 radical (unpaired) electrons. The molecule has 0 bridgehead atoms. The van der Waals surface area contributed by atoms with Gasteiger partial charge in [0, 0.05) is 16.3 Å². The standard InChI is InChI=1S/C12H17NO2S/c1-12(2,11(14)15-3)8-16-10-6-4-5-9(13)7-10/h4-7H,8,13H2,1-3H3. The van der Waals surface area contributed by atoms with E-state index in [1.54, 1.807) is 11.8 Å². The van der Waals surface area contributed by atoms with Gasteiger partial charge < -0.3 is 10.5 Å². The van der Waals surface area contributed by atoms with Gasteiger partial charge >= 0.3 is 5.97 Å². The van der Waals surface area contributed by atoms with Crippen LogP contribution in [0, 0.1) is 5.41 Å². The topological polar surface area (TPSA) is 52.3 Å². The fraction of sp³-hybridized carbons (Fsp3) is 0.417. The molecule has 0 unspecified atom stereocenters. The third kappa shape index (κ3) is 3.45. The SMILES string of the molecule is COC(=O)C(C)(C)CSc1cccc(N)c1. The largest absolute Gasteiger partial charge is 0.469 e. The zero-order valence-corrected chi connectivity index (χ0v) is 10.6. The number of thioether (sulfide) groups is 1. The van der Waals surface area contributed by atoms with Crippen LogP contribution in [0.25, 0.3) is 0 Å². The predicted molar refractivity (Wildman–Crippen MR) is 67.4 cm³/mol. The van der Waals surface area contributed by atoms with Crippen molar-refractivity contribution in [2.75, 3.05) is 18.6 Å². The summed E-state index contributed by atoms with van der Waals surface area (Å²) in [5.74, 6) is 0.479. The molecule has 0 saturated heterocycles. The average Bonchev–Trinajstić information content (AvgIpc) is 2.25. The molecule has 0 spiro atoms. The number of carbonyl (C=O) groups is 1. The number of carbonyl (C=O) groups excluding carboxylic acids is 1. The summed E-state index contributed by atoms with van der Waals surface area (Å²) >= 11 is 1.60. The Labute approximate surface area is 100 Å². The molecular weight excluding hydrogens is 222 g/mol. The normalized spacial score (nSPS) is 11.2. The molecule has 0 aromatic heterocycles. The van der Waals surface area contributed by atoms with E-state index in [-0.39, 0.29) is 5.97 Å². The molecule has 4 heteroatoms. The first kappa shape index (κ1) is 12.9. The lowest BCUT2D eigenvalue weighted by Crippen LogP contribution is -2.28. The van der Waals surface area contributed by atoms with Crippen molar-refractivity contribution in [2.24, 2.45) is 5.41 Å². The fourth-order valence-corrected chi connectivity index (χ4v) is 2.24. The smallest absolute Gasteiger partial charge is 0.312 e. The maximum atomic E-state index is 11.5. The zero-order valence-electron chi connectivity index (χ0n) is 9.82. The Kier molecular flexibility index (Phi) is 4.24. The van der Waals surface area contributed by atoms with Gasteiger partial charge in [0.05, 0.1) is 12.5 Å². The minimum absolute atomic E-state index is 0.191. The molecule has 16 heavy (non-hydrogen) atoms. The molecule has 0 fully saturated rings. The summed E-state index contributed by atoms with van der Waals surface area (Å²) in [6.07, 6.45) is 0. The van der Waals surface area contributed by atoms with Gasteiger partial charge in [0.25, 0.3) is 0 Å². The molecule has 0 atom stereocenters. The Morgan fingerprint density at radius 3 is 2.75 bits per heavy atom. The number of benzene rings is 1. The molecule has 1 aromatic rings. The summed E-state index contributed by atoms with van der Waals surface area (Å²) < 4.78 is 4.75. The molecule has 0 aliphatic rings. The molecule has 0 heterocycles. The van der Waals surface area contributed by atoms with Crippen LogP contribution in [0.15, 0.2) is 29.2 Å². The highest BCUT2D eigenvalue weighted by atomic mass is 32.2. The number of nitrogen functional groups attached to an aromatic ring is 1. The van der Waals surface area contributed by atoms with E-state index in [9.17, 15) is 4.79 Å². The van der Waals surface area contributed by atoms with Crippen molar-refractivity contribution in [3.05, 3.63) is 24.3 Å². The van der Waals surface area contributed by atoms with Crippen molar-refractivity contribution < 1.29 is 9.53 Å². The maximum absolute atomic E-state index is 11.5. The Bertz CT molecular complexity index is 377. The maximum Gasteiger partial charge on any atom is 0.312 e. The molecule has 0 aliphatic carbocycles. The summed E-state index contributed by atoms with van der Waals surface area (Å²) in [5, 5.41) is 0. The van der Waals surface area contributed by atoms with Crippen LogP contribution in [-0.2, 0) is 9.53 Å². The van der Waals surface area contributed by atoms with Gasteiger partial charge in [-0.25, -0.2) is 0 Å². The quantitative estimate of drug-likeness (QED) is 0.498. The van der Waals surface area contributed by atoms with Gasteiger partial charge in [-0.1, -0.05) is 6.07 Å². The van der Waals surface area contributed by atoms with Crippen LogP contribution in [0.3, 0.4) is 0 Å². The van der Waals surface area contributed by atoms with Crippen molar-refractivity contribution in [1.82, 2.24) is 0 Å². The Balaban J connectivity index is 2.61. The summed E-state index contributed by atoms with van der Waals surface area (Å²) in [5.41, 5.74) is 5.93. The van der Waals surface area contributed by atoms with E-state index in [1.165, 1.54) is 7.11 Å². The van der Waals surface area contributed by atoms with E-state index < -0.39 is 5.41 Å². The van der Waals surface area contributed by atoms with E-state index in [1.807, 2.05) is 38.1 Å². The van der Waals surface area contributed by atoms with Crippen molar-refractivity contribution in [2.45, 2.75) is 18.7 Å². The van der Waals surface area contributed by atoms with Crippen LogP contribution in [0.4, 0.5) is 5.69 Å². The number of nitrogens with two attached hydrogens (primary N) is 1. The summed E-state index contributed by atoms with van der Waals surface area (Å²) in [4.78, 5) is 12.5. The monoisotopic (exact) mass is 239 g/mol. The number of anilines is 1. The highest BCUT2D eigenvalue weighted by Gasteiger charge is 2.28. The van der Waals surface area contributed by atoms with Crippen LogP contribution >= 0.6 is 11.8 Å². The van der Waals surface area contributed by atoms with Crippen molar-refractivity contribution in [1.29, 1.82) is 0 Å². The number of ether oxygens (including phenoxy) is 1. The number of hydrogen-bond donors (Lipinski definition) is 1. The Hall–Kier alpha value is -1.16. The van der Waals surface area contributed by atoms with E-state index in [2.05, 4.69) is 0 Å². The lowest BCUT2D eigenvalue weighted by atomic mass is 9.97. The van der Waals surface area contributed by atoms with Gasteiger partial charge in [-0.3, -0.25) is 4.79 Å². The Morgan fingerprint density at radius 1 is 1.50 bits per heavy atom. The van der Waals surface area contributed by atoms with Crippen LogP contribution in [0.1, 0.15) is 13.8 Å². The van der Waals surface area contributed by atoms with Crippen molar-refractivity contribution in [3.8, 4) is 0 Å². The molecule has 1 rings (SSSR count). The first-order chi connectivity index (χ1) is 7.45. The minimum Gasteiger partial charge on any atom is -0.469 e. The van der Waals surface area contributed by atoms with E-state index >= 15 is 0 Å². The van der Waals surface area contributed by atoms with Gasteiger partial charge in [0.2, 0.25) is 0 Å². The lowest BCUT2D eigenvalue weighted by molar-refractivity contribution is -0.149. The summed E-state index contributed by atoms with van der Waals surface area (Å²) in [6.45, 7) is 3.75. The molecule has 3 nitrogen and oxygen atoms in total. The summed E-state index contributed by atoms with van der Waals surface area (Å²) in [6, 6.07) is 7.63. The van der Waals surface area contributed by atoms with E-state index in [0.29, 0.717) is 5.75 Å². The molecule has 0 amide bonds. The Morgan fingerprint density at radius 2 is 2.19 bits per heavy atom. The van der Waals surface area contributed by atoms with Gasteiger partial charge in [-0.15, -0.1) is 11.8 Å².